The molecule has 58 valence electrons. The van der Waals surface area contributed by atoms with Crippen molar-refractivity contribution in [2.45, 2.75) is 0 Å². The number of hydrogen-bond acceptors (Lipinski definition) is 4. The summed E-state index contributed by atoms with van der Waals surface area (Å²) in [5.74, 6) is -0.507. The second kappa shape index (κ2) is 4.22. The third-order valence-electron chi connectivity index (χ3n) is 0.721. The van der Waals surface area contributed by atoms with Gasteiger partial charge in [0.25, 0.3) is 0 Å². The van der Waals surface area contributed by atoms with Gasteiger partial charge in [-0.1, -0.05) is 0 Å². The van der Waals surface area contributed by atoms with E-state index in [1.54, 1.807) is 0 Å². The Bertz CT molecular complexity index is 215. The first kappa shape index (κ1) is 9.36. The summed E-state index contributed by atoms with van der Waals surface area (Å²) in [5.41, 5.74) is 5.02. The van der Waals surface area contributed by atoms with Crippen LogP contribution in [-0.4, -0.2) is 27.3 Å². The summed E-state index contributed by atoms with van der Waals surface area (Å²) in [6, 6.07) is 1.53. The van der Waals surface area contributed by atoms with E-state index in [2.05, 4.69) is 4.72 Å². The van der Waals surface area contributed by atoms with Crippen LogP contribution in [0.25, 0.3) is 0 Å². The Morgan fingerprint density at radius 2 is 2.20 bits per heavy atom. The summed E-state index contributed by atoms with van der Waals surface area (Å²) >= 11 is 0. The first-order valence-corrected chi connectivity index (χ1v) is 4.32. The van der Waals surface area contributed by atoms with Crippen molar-refractivity contribution in [3.63, 3.8) is 0 Å². The Morgan fingerprint density at radius 3 is 2.60 bits per heavy atom. The molecule has 10 heavy (non-hydrogen) atoms. The van der Waals surface area contributed by atoms with Crippen LogP contribution in [0.2, 0.25) is 0 Å². The number of nitrogens with two attached hydrogens (primary N) is 1. The maximum atomic E-state index is 10.6. The maximum absolute atomic E-state index is 10.6. The highest BCUT2D eigenvalue weighted by Gasteiger charge is 2.05. The largest absolute Gasteiger partial charge is 0.329 e. The smallest absolute Gasteiger partial charge is 0.225 e. The van der Waals surface area contributed by atoms with Crippen molar-refractivity contribution in [2.75, 3.05) is 18.8 Å². The van der Waals surface area contributed by atoms with Crippen LogP contribution in [0, 0.1) is 11.3 Å². The van der Waals surface area contributed by atoms with Gasteiger partial charge in [0.2, 0.25) is 10.0 Å². The molecule has 0 bridgehead atoms. The lowest BCUT2D eigenvalue weighted by Gasteiger charge is -1.98. The highest BCUT2D eigenvalue weighted by atomic mass is 32.2. The average molecular weight is 163 g/mol. The number of hydrogen-bond donors (Lipinski definition) is 2. The number of nitrogens with zero attached hydrogens (tertiary/aromatic N) is 1. The Hall–Kier alpha value is -0.640. The summed E-state index contributed by atoms with van der Waals surface area (Å²) in [4.78, 5) is 0. The van der Waals surface area contributed by atoms with E-state index in [4.69, 9.17) is 11.0 Å². The summed E-state index contributed by atoms with van der Waals surface area (Å²) in [5, 5.41) is 8.00. The topological polar surface area (TPSA) is 96.0 Å². The summed E-state index contributed by atoms with van der Waals surface area (Å²) in [6.45, 7) is 0.425. The minimum atomic E-state index is -3.38. The third kappa shape index (κ3) is 4.26. The van der Waals surface area contributed by atoms with E-state index >= 15 is 0 Å². The fourth-order valence-electron chi connectivity index (χ4n) is 0.350. The maximum Gasteiger partial charge on any atom is 0.225 e. The second-order valence-corrected chi connectivity index (χ2v) is 3.41. The average Bonchev–Trinajstić information content (AvgIpc) is 1.84. The van der Waals surface area contributed by atoms with Gasteiger partial charge >= 0.3 is 0 Å². The van der Waals surface area contributed by atoms with Crippen LogP contribution in [0.5, 0.6) is 0 Å². The molecule has 6 heteroatoms. The van der Waals surface area contributed by atoms with Crippen molar-refractivity contribution in [1.82, 2.24) is 4.72 Å². The van der Waals surface area contributed by atoms with Crippen LogP contribution in [0.15, 0.2) is 0 Å². The first-order valence-electron chi connectivity index (χ1n) is 2.67. The zero-order chi connectivity index (χ0) is 8.04. The third-order valence-corrected chi connectivity index (χ3v) is 1.87. The molecule has 0 saturated heterocycles. The van der Waals surface area contributed by atoms with Crippen molar-refractivity contribution in [3.05, 3.63) is 0 Å². The predicted octanol–water partition coefficient (Wildman–Crippen LogP) is -1.61. The van der Waals surface area contributed by atoms with Gasteiger partial charge in [0.1, 0.15) is 0 Å². The number of rotatable bonds is 4. The van der Waals surface area contributed by atoms with E-state index in [9.17, 15) is 8.42 Å². The van der Waals surface area contributed by atoms with Gasteiger partial charge in [-0.3, -0.25) is 0 Å². The standard InChI is InChI=1S/C4H9N3O2S/c5-1-3-7-10(8,9)4-2-6/h7H,1,3-5H2. The van der Waals surface area contributed by atoms with E-state index in [1.165, 1.54) is 6.07 Å². The highest BCUT2D eigenvalue weighted by Crippen LogP contribution is 1.78. The zero-order valence-corrected chi connectivity index (χ0v) is 6.19. The molecule has 0 aliphatic carbocycles. The van der Waals surface area contributed by atoms with Gasteiger partial charge < -0.3 is 5.73 Å². The molecule has 0 amide bonds. The van der Waals surface area contributed by atoms with E-state index in [-0.39, 0.29) is 13.1 Å². The van der Waals surface area contributed by atoms with Crippen molar-refractivity contribution in [3.8, 4) is 6.07 Å². The summed E-state index contributed by atoms with van der Waals surface area (Å²) in [7, 11) is -3.38. The van der Waals surface area contributed by atoms with E-state index in [1.807, 2.05) is 0 Å². The van der Waals surface area contributed by atoms with Crippen LogP contribution in [0.3, 0.4) is 0 Å². The molecule has 0 heterocycles. The molecule has 0 atom stereocenters. The monoisotopic (exact) mass is 163 g/mol. The molecule has 0 aromatic carbocycles. The molecule has 0 saturated carbocycles. The Balaban J connectivity index is 3.80. The van der Waals surface area contributed by atoms with Crippen molar-refractivity contribution in [1.29, 1.82) is 5.26 Å². The summed E-state index contributed by atoms with van der Waals surface area (Å²) in [6.07, 6.45) is 0. The molecule has 0 aliphatic rings. The number of nitriles is 1. The molecule has 0 radical (unpaired) electrons. The zero-order valence-electron chi connectivity index (χ0n) is 5.37. The Morgan fingerprint density at radius 1 is 1.60 bits per heavy atom. The van der Waals surface area contributed by atoms with Gasteiger partial charge in [-0.15, -0.1) is 0 Å². The molecule has 0 rings (SSSR count). The van der Waals surface area contributed by atoms with Gasteiger partial charge in [-0.05, 0) is 0 Å². The minimum Gasteiger partial charge on any atom is -0.329 e. The van der Waals surface area contributed by atoms with Crippen molar-refractivity contribution < 1.29 is 8.42 Å². The molecular formula is C4H9N3O2S. The van der Waals surface area contributed by atoms with E-state index in [0.29, 0.717) is 0 Å². The SMILES string of the molecule is N#CCS(=O)(=O)NCCN. The lowest BCUT2D eigenvalue weighted by molar-refractivity contribution is 0.585. The van der Waals surface area contributed by atoms with Gasteiger partial charge in [0.15, 0.2) is 5.75 Å². The van der Waals surface area contributed by atoms with Gasteiger partial charge in [-0.2, -0.15) is 5.26 Å². The van der Waals surface area contributed by atoms with Crippen LogP contribution < -0.4 is 10.5 Å². The lowest BCUT2D eigenvalue weighted by atomic mass is 10.7. The molecule has 0 spiro atoms. The number of sulfonamides is 1. The van der Waals surface area contributed by atoms with E-state index < -0.39 is 15.8 Å². The quantitative estimate of drug-likeness (QED) is 0.521. The Labute approximate surface area is 59.9 Å². The molecule has 0 aliphatic heterocycles. The van der Waals surface area contributed by atoms with Crippen LogP contribution >= 0.6 is 0 Å². The van der Waals surface area contributed by atoms with Gasteiger partial charge in [0, 0.05) is 13.1 Å². The van der Waals surface area contributed by atoms with Crippen LogP contribution in [-0.2, 0) is 10.0 Å². The van der Waals surface area contributed by atoms with Crippen molar-refractivity contribution >= 4 is 10.0 Å². The van der Waals surface area contributed by atoms with Crippen LogP contribution in [0.4, 0.5) is 0 Å². The molecular weight excluding hydrogens is 154 g/mol. The molecule has 0 aromatic heterocycles. The fourth-order valence-corrected chi connectivity index (χ4v) is 1.05. The normalized spacial score (nSPS) is 10.8. The highest BCUT2D eigenvalue weighted by molar-refractivity contribution is 7.89. The molecule has 0 fully saturated rings. The molecule has 5 nitrogen and oxygen atoms in total. The van der Waals surface area contributed by atoms with Crippen molar-refractivity contribution in [2.24, 2.45) is 5.73 Å². The van der Waals surface area contributed by atoms with E-state index in [0.717, 1.165) is 0 Å². The molecule has 0 aromatic rings. The second-order valence-electron chi connectivity index (χ2n) is 1.60. The summed E-state index contributed by atoms with van der Waals surface area (Å²) < 4.78 is 23.3. The number of nitrogens with one attached hydrogen (secondary N) is 1. The molecule has 3 N–H and O–H groups in total. The predicted molar refractivity (Wildman–Crippen MR) is 36.5 cm³/mol. The first-order chi connectivity index (χ1) is 4.62. The fraction of sp³-hybridized carbons (Fsp3) is 0.750. The molecule has 0 unspecified atom stereocenters. The Kier molecular flexibility index (Phi) is 3.95. The van der Waals surface area contributed by atoms with Gasteiger partial charge in [-0.25, -0.2) is 13.1 Å². The minimum absolute atomic E-state index is 0.185. The lowest BCUT2D eigenvalue weighted by Crippen LogP contribution is -2.30. The van der Waals surface area contributed by atoms with Crippen LogP contribution in [0.1, 0.15) is 0 Å². The van der Waals surface area contributed by atoms with Gasteiger partial charge in [0.05, 0.1) is 6.07 Å².